The molecule has 1 aliphatic heterocycles. The van der Waals surface area contributed by atoms with Crippen molar-refractivity contribution in [2.24, 2.45) is 0 Å². The summed E-state index contributed by atoms with van der Waals surface area (Å²) in [7, 11) is 1.64. The predicted molar refractivity (Wildman–Crippen MR) is 115 cm³/mol. The molecule has 1 aromatic rings. The smallest absolute Gasteiger partial charge is 0.188 e. The summed E-state index contributed by atoms with van der Waals surface area (Å²) in [5, 5.41) is 3.27. The molecular weight excluding hydrogens is 358 g/mol. The quantitative estimate of drug-likeness (QED) is 0.591. The molecule has 1 aromatic carbocycles. The van der Waals surface area contributed by atoms with Gasteiger partial charge in [-0.1, -0.05) is 41.5 Å². The first-order chi connectivity index (χ1) is 12.6. The third-order valence-corrected chi connectivity index (χ3v) is 5.65. The van der Waals surface area contributed by atoms with Gasteiger partial charge in [-0.25, -0.2) is 0 Å². The zero-order valence-corrected chi connectivity index (χ0v) is 18.5. The highest BCUT2D eigenvalue weighted by Gasteiger charge is 2.28. The Morgan fingerprint density at radius 3 is 2.22 bits per heavy atom. The number of hydrogen-bond acceptors (Lipinski definition) is 5. The lowest BCUT2D eigenvalue weighted by atomic mass is 9.78. The van der Waals surface area contributed by atoms with Crippen molar-refractivity contribution in [2.75, 3.05) is 26.2 Å². The molecule has 0 aliphatic carbocycles. The summed E-state index contributed by atoms with van der Waals surface area (Å²) in [6.07, 6.45) is 3.13. The molecule has 0 aromatic heterocycles. The van der Waals surface area contributed by atoms with Crippen LogP contribution >= 0.6 is 11.8 Å². The molecule has 1 unspecified atom stereocenters. The van der Waals surface area contributed by atoms with Crippen molar-refractivity contribution in [3.8, 4) is 5.75 Å². The Kier molecular flexibility index (Phi) is 7.17. The van der Waals surface area contributed by atoms with Crippen LogP contribution in [0.3, 0.4) is 0 Å². The lowest BCUT2D eigenvalue weighted by Crippen LogP contribution is -2.37. The fourth-order valence-corrected chi connectivity index (χ4v) is 4.10. The first kappa shape index (κ1) is 22.0. The van der Waals surface area contributed by atoms with E-state index in [0.717, 1.165) is 45.9 Å². The molecule has 1 aliphatic rings. The van der Waals surface area contributed by atoms with E-state index in [1.807, 2.05) is 0 Å². The van der Waals surface area contributed by atoms with E-state index < -0.39 is 0 Å². The zero-order valence-electron chi connectivity index (χ0n) is 17.6. The number of aldehydes is 1. The normalized spacial score (nSPS) is 20.0. The van der Waals surface area contributed by atoms with Crippen molar-refractivity contribution in [2.45, 2.75) is 58.4 Å². The van der Waals surface area contributed by atoms with Gasteiger partial charge in [-0.3, -0.25) is 0 Å². The van der Waals surface area contributed by atoms with Gasteiger partial charge in [0.15, 0.2) is 6.79 Å². The minimum absolute atomic E-state index is 0.0837. The summed E-state index contributed by atoms with van der Waals surface area (Å²) in [4.78, 5) is 12.5. The number of nitrogens with one attached hydrogen (secondary N) is 1. The van der Waals surface area contributed by atoms with Gasteiger partial charge >= 0.3 is 0 Å². The van der Waals surface area contributed by atoms with E-state index in [4.69, 9.17) is 9.47 Å². The van der Waals surface area contributed by atoms with E-state index >= 15 is 0 Å². The Balaban J connectivity index is 2.64. The Morgan fingerprint density at radius 1 is 1.15 bits per heavy atom. The molecule has 150 valence electrons. The number of benzene rings is 1. The minimum Gasteiger partial charge on any atom is -0.467 e. The van der Waals surface area contributed by atoms with Gasteiger partial charge in [0.25, 0.3) is 0 Å². The second-order valence-corrected chi connectivity index (χ2v) is 10.1. The fraction of sp³-hybridized carbons (Fsp3) is 0.591. The van der Waals surface area contributed by atoms with Crippen LogP contribution in [0.1, 0.15) is 58.2 Å². The van der Waals surface area contributed by atoms with E-state index in [2.05, 4.69) is 65.1 Å². The van der Waals surface area contributed by atoms with Crippen LogP contribution in [0.2, 0.25) is 0 Å². The molecule has 2 rings (SSSR count). The maximum Gasteiger partial charge on any atom is 0.188 e. The molecule has 0 spiro atoms. The topological polar surface area (TPSA) is 47.6 Å². The summed E-state index contributed by atoms with van der Waals surface area (Å²) in [5.74, 6) is 1.88. The zero-order chi connectivity index (χ0) is 20.2. The third kappa shape index (κ3) is 5.59. The van der Waals surface area contributed by atoms with Crippen LogP contribution in [0.5, 0.6) is 5.75 Å². The van der Waals surface area contributed by atoms with Gasteiger partial charge in [0.1, 0.15) is 12.0 Å². The molecule has 0 saturated carbocycles. The summed E-state index contributed by atoms with van der Waals surface area (Å²) < 4.78 is 11.2. The average Bonchev–Trinajstić information content (AvgIpc) is 2.58. The Morgan fingerprint density at radius 2 is 1.74 bits per heavy atom. The van der Waals surface area contributed by atoms with Crippen LogP contribution in [-0.2, 0) is 20.4 Å². The van der Waals surface area contributed by atoms with E-state index in [-0.39, 0.29) is 23.7 Å². The molecule has 0 radical (unpaired) electrons. The molecule has 0 bridgehead atoms. The molecular formula is C22H33NO3S. The van der Waals surface area contributed by atoms with Crippen molar-refractivity contribution in [1.82, 2.24) is 5.32 Å². The monoisotopic (exact) mass is 391 g/mol. The Bertz CT molecular complexity index is 663. The summed E-state index contributed by atoms with van der Waals surface area (Å²) in [5.41, 5.74) is 3.23. The second kappa shape index (κ2) is 8.80. The van der Waals surface area contributed by atoms with Gasteiger partial charge in [0.05, 0.1) is 6.04 Å². The number of thioether (sulfide) groups is 1. The first-order valence-electron chi connectivity index (χ1n) is 9.41. The molecule has 1 heterocycles. The minimum atomic E-state index is -0.218. The van der Waals surface area contributed by atoms with E-state index in [1.165, 1.54) is 0 Å². The van der Waals surface area contributed by atoms with Gasteiger partial charge in [-0.15, -0.1) is 11.8 Å². The van der Waals surface area contributed by atoms with Crippen molar-refractivity contribution in [3.63, 3.8) is 0 Å². The largest absolute Gasteiger partial charge is 0.467 e. The van der Waals surface area contributed by atoms with Crippen molar-refractivity contribution in [3.05, 3.63) is 33.7 Å². The number of hydrogen-bond donors (Lipinski definition) is 1. The van der Waals surface area contributed by atoms with Gasteiger partial charge in [0.2, 0.25) is 0 Å². The maximum absolute atomic E-state index is 11.4. The van der Waals surface area contributed by atoms with Crippen LogP contribution in [0.4, 0.5) is 0 Å². The van der Waals surface area contributed by atoms with Crippen molar-refractivity contribution in [1.29, 1.82) is 0 Å². The Hall–Kier alpha value is -1.30. The number of ether oxygens (including phenoxy) is 2. The highest BCUT2D eigenvalue weighted by atomic mass is 32.2. The highest BCUT2D eigenvalue weighted by Crippen LogP contribution is 2.41. The van der Waals surface area contributed by atoms with E-state index in [1.54, 1.807) is 18.9 Å². The third-order valence-electron chi connectivity index (χ3n) is 4.53. The maximum atomic E-state index is 11.4. The molecule has 27 heavy (non-hydrogen) atoms. The SMILES string of the molecule is COCOc1c(C(C)(C)C)cc(C=C2SCCNC2C=O)cc1C(C)(C)C. The van der Waals surface area contributed by atoms with E-state index in [0.29, 0.717) is 0 Å². The summed E-state index contributed by atoms with van der Waals surface area (Å²) in [6.45, 7) is 14.2. The molecule has 1 saturated heterocycles. The van der Waals surface area contributed by atoms with Crippen LogP contribution in [-0.4, -0.2) is 38.5 Å². The molecule has 0 amide bonds. The molecule has 1 fully saturated rings. The molecule has 1 atom stereocenters. The van der Waals surface area contributed by atoms with Crippen molar-refractivity contribution < 1.29 is 14.3 Å². The average molecular weight is 392 g/mol. The Labute approximate surface area is 168 Å². The highest BCUT2D eigenvalue weighted by molar-refractivity contribution is 8.03. The molecule has 5 heteroatoms. The van der Waals surface area contributed by atoms with Crippen LogP contribution < -0.4 is 10.1 Å². The van der Waals surface area contributed by atoms with Crippen LogP contribution in [0.25, 0.3) is 6.08 Å². The number of methoxy groups -OCH3 is 1. The molecule has 4 nitrogen and oxygen atoms in total. The van der Waals surface area contributed by atoms with Crippen LogP contribution in [0, 0.1) is 0 Å². The molecule has 1 N–H and O–H groups in total. The first-order valence-corrected chi connectivity index (χ1v) is 10.4. The van der Waals surface area contributed by atoms with Crippen molar-refractivity contribution >= 4 is 24.1 Å². The number of carbonyl (C=O) groups excluding carboxylic acids is 1. The second-order valence-electron chi connectivity index (χ2n) is 8.96. The van der Waals surface area contributed by atoms with Gasteiger partial charge in [-0.05, 0) is 34.6 Å². The van der Waals surface area contributed by atoms with E-state index in [9.17, 15) is 4.79 Å². The predicted octanol–water partition coefficient (Wildman–Crippen LogP) is 4.51. The number of carbonyl (C=O) groups is 1. The number of rotatable bonds is 5. The lowest BCUT2D eigenvalue weighted by molar-refractivity contribution is -0.108. The lowest BCUT2D eigenvalue weighted by Gasteiger charge is -2.30. The fourth-order valence-electron chi connectivity index (χ4n) is 3.11. The van der Waals surface area contributed by atoms with Crippen LogP contribution in [0.15, 0.2) is 17.0 Å². The van der Waals surface area contributed by atoms with Gasteiger partial charge < -0.3 is 19.6 Å². The van der Waals surface area contributed by atoms with Gasteiger partial charge in [-0.2, -0.15) is 0 Å². The van der Waals surface area contributed by atoms with Gasteiger partial charge in [0, 0.05) is 35.4 Å². The summed E-state index contributed by atoms with van der Waals surface area (Å²) >= 11 is 1.75. The summed E-state index contributed by atoms with van der Waals surface area (Å²) in [6, 6.07) is 4.15. The standard InChI is InChI=1S/C22H33NO3S/c1-21(2,3)16-10-15(12-19-18(13-24)23-8-9-27-19)11-17(22(4,5)6)20(16)26-14-25-7/h10-13,18,23H,8-9,14H2,1-7H3.